The molecule has 2 aromatic carbocycles. The Balaban J connectivity index is 2.41. The van der Waals surface area contributed by atoms with Gasteiger partial charge in [0.15, 0.2) is 5.78 Å². The van der Waals surface area contributed by atoms with Gasteiger partial charge in [-0.3, -0.25) is 18.7 Å². The maximum absolute atomic E-state index is 13.4. The smallest absolute Gasteiger partial charge is 0.244 e. The van der Waals surface area contributed by atoms with Crippen LogP contribution in [-0.2, 0) is 26.2 Å². The Kier molecular flexibility index (Phi) is 9.18. The number of ketones is 1. The number of carbonyl (C=O) groups excluding carboxylic acids is 3. The molecule has 0 aliphatic rings. The highest BCUT2D eigenvalue weighted by molar-refractivity contribution is 9.10. The van der Waals surface area contributed by atoms with E-state index >= 15 is 0 Å². The maximum Gasteiger partial charge on any atom is 0.244 e. The van der Waals surface area contributed by atoms with E-state index in [2.05, 4.69) is 21.2 Å². The number of rotatable bonds is 10. The van der Waals surface area contributed by atoms with Gasteiger partial charge in [0, 0.05) is 23.1 Å². The van der Waals surface area contributed by atoms with Crippen molar-refractivity contribution >= 4 is 49.2 Å². The number of hydrogen-bond donors (Lipinski definition) is 1. The van der Waals surface area contributed by atoms with Gasteiger partial charge in [0.25, 0.3) is 0 Å². The fourth-order valence-corrected chi connectivity index (χ4v) is 4.29. The second-order valence-corrected chi connectivity index (χ2v) is 10.4. The van der Waals surface area contributed by atoms with E-state index < -0.39 is 28.5 Å². The molecule has 178 valence electrons. The first-order valence-corrected chi connectivity index (χ1v) is 13.0. The number of hydrogen-bond acceptors (Lipinski definition) is 5. The van der Waals surface area contributed by atoms with Crippen LogP contribution in [0.3, 0.4) is 0 Å². The van der Waals surface area contributed by atoms with Crippen molar-refractivity contribution in [2.75, 3.05) is 23.7 Å². The fraction of sp³-hybridized carbons (Fsp3) is 0.348. The van der Waals surface area contributed by atoms with Crippen LogP contribution in [0.25, 0.3) is 0 Å². The molecule has 1 N–H and O–H groups in total. The van der Waals surface area contributed by atoms with Crippen LogP contribution in [0.15, 0.2) is 53.0 Å². The van der Waals surface area contributed by atoms with Crippen LogP contribution in [0.1, 0.15) is 36.7 Å². The summed E-state index contributed by atoms with van der Waals surface area (Å²) in [5.74, 6) is -1.11. The molecular weight excluding hydrogens is 510 g/mol. The summed E-state index contributed by atoms with van der Waals surface area (Å²) in [4.78, 5) is 39.0. The molecule has 0 aliphatic carbocycles. The minimum Gasteiger partial charge on any atom is -0.355 e. The molecule has 8 nitrogen and oxygen atoms in total. The zero-order valence-electron chi connectivity index (χ0n) is 19.0. The van der Waals surface area contributed by atoms with E-state index in [1.54, 1.807) is 26.0 Å². The van der Waals surface area contributed by atoms with Crippen molar-refractivity contribution in [2.45, 2.75) is 33.4 Å². The molecule has 2 amide bonds. The van der Waals surface area contributed by atoms with Gasteiger partial charge < -0.3 is 10.2 Å². The number of likely N-dealkylation sites (N-methyl/N-ethyl adjacent to an activating group) is 1. The van der Waals surface area contributed by atoms with Crippen LogP contribution < -0.4 is 9.62 Å². The van der Waals surface area contributed by atoms with Crippen molar-refractivity contribution in [1.29, 1.82) is 0 Å². The lowest BCUT2D eigenvalue weighted by Gasteiger charge is -2.31. The quantitative estimate of drug-likeness (QED) is 0.469. The lowest BCUT2D eigenvalue weighted by atomic mass is 10.1. The summed E-state index contributed by atoms with van der Waals surface area (Å²) < 4.78 is 26.9. The summed E-state index contributed by atoms with van der Waals surface area (Å²) in [5.41, 5.74) is 1.32. The van der Waals surface area contributed by atoms with E-state index in [1.807, 2.05) is 24.3 Å². The van der Waals surface area contributed by atoms with Gasteiger partial charge in [-0.15, -0.1) is 0 Å². The van der Waals surface area contributed by atoms with E-state index in [9.17, 15) is 22.8 Å². The number of amides is 2. The van der Waals surface area contributed by atoms with E-state index in [0.717, 1.165) is 20.6 Å². The van der Waals surface area contributed by atoms with Crippen LogP contribution >= 0.6 is 15.9 Å². The number of anilines is 1. The van der Waals surface area contributed by atoms with Crippen LogP contribution in [0.4, 0.5) is 5.69 Å². The molecular formula is C23H28BrN3O5S. The third kappa shape index (κ3) is 7.40. The summed E-state index contributed by atoms with van der Waals surface area (Å²) in [6.07, 6.45) is 0.993. The second kappa shape index (κ2) is 11.4. The maximum atomic E-state index is 13.4. The number of carbonyl (C=O) groups is 3. The van der Waals surface area contributed by atoms with Gasteiger partial charge in [-0.05, 0) is 50.6 Å². The van der Waals surface area contributed by atoms with Gasteiger partial charge >= 0.3 is 0 Å². The van der Waals surface area contributed by atoms with Crippen molar-refractivity contribution < 1.29 is 22.8 Å². The van der Waals surface area contributed by atoms with Gasteiger partial charge in [0.05, 0.1) is 11.9 Å². The van der Waals surface area contributed by atoms with E-state index in [1.165, 1.54) is 24.0 Å². The van der Waals surface area contributed by atoms with Crippen LogP contribution in [0.2, 0.25) is 0 Å². The number of nitrogens with zero attached hydrogens (tertiary/aromatic N) is 2. The number of sulfonamides is 1. The van der Waals surface area contributed by atoms with Crippen molar-refractivity contribution in [3.8, 4) is 0 Å². The molecule has 0 unspecified atom stereocenters. The average Bonchev–Trinajstić information content (AvgIpc) is 2.75. The standard InChI is InChI=1S/C23H28BrN3O5S/c1-5-25-23(30)16(2)26(14-18-9-11-20(24)12-10-18)22(29)15-27(33(4,31)32)21-8-6-7-19(13-21)17(3)28/h6-13,16H,5,14-15H2,1-4H3,(H,25,30)/t16-/m0/s1. The summed E-state index contributed by atoms with van der Waals surface area (Å²) in [5, 5.41) is 2.70. The van der Waals surface area contributed by atoms with E-state index in [-0.39, 0.29) is 23.9 Å². The first-order valence-electron chi connectivity index (χ1n) is 10.3. The molecule has 0 aliphatic heterocycles. The number of halogens is 1. The molecule has 0 heterocycles. The lowest BCUT2D eigenvalue weighted by molar-refractivity contribution is -0.139. The van der Waals surface area contributed by atoms with Crippen molar-refractivity contribution in [3.63, 3.8) is 0 Å². The SMILES string of the molecule is CCNC(=O)[C@H](C)N(Cc1ccc(Br)cc1)C(=O)CN(c1cccc(C(C)=O)c1)S(C)(=O)=O. The highest BCUT2D eigenvalue weighted by Crippen LogP contribution is 2.21. The summed E-state index contributed by atoms with van der Waals surface area (Å²) in [7, 11) is -3.86. The van der Waals surface area contributed by atoms with Gasteiger partial charge in [-0.2, -0.15) is 0 Å². The lowest BCUT2D eigenvalue weighted by Crippen LogP contribution is -2.51. The monoisotopic (exact) mass is 537 g/mol. The molecule has 33 heavy (non-hydrogen) atoms. The minimum atomic E-state index is -3.86. The summed E-state index contributed by atoms with van der Waals surface area (Å²) in [6, 6.07) is 12.5. The van der Waals surface area contributed by atoms with Gasteiger partial charge in [-0.25, -0.2) is 8.42 Å². The predicted molar refractivity (Wildman–Crippen MR) is 131 cm³/mol. The Bertz CT molecular complexity index is 1120. The highest BCUT2D eigenvalue weighted by atomic mass is 79.9. The predicted octanol–water partition coefficient (Wildman–Crippen LogP) is 2.97. The molecule has 0 bridgehead atoms. The molecule has 0 fully saturated rings. The third-order valence-corrected chi connectivity index (χ3v) is 6.67. The Morgan fingerprint density at radius 1 is 1.09 bits per heavy atom. The van der Waals surface area contributed by atoms with Crippen LogP contribution in [-0.4, -0.2) is 56.3 Å². The van der Waals surface area contributed by atoms with Gasteiger partial charge in [-0.1, -0.05) is 40.2 Å². The molecule has 10 heteroatoms. The number of nitrogens with one attached hydrogen (secondary N) is 1. The Morgan fingerprint density at radius 2 is 1.73 bits per heavy atom. The first kappa shape index (κ1) is 26.5. The van der Waals surface area contributed by atoms with Gasteiger partial charge in [0.2, 0.25) is 21.8 Å². The number of benzene rings is 2. The van der Waals surface area contributed by atoms with Crippen LogP contribution in [0.5, 0.6) is 0 Å². The largest absolute Gasteiger partial charge is 0.355 e. The van der Waals surface area contributed by atoms with Crippen molar-refractivity contribution in [2.24, 2.45) is 0 Å². The highest BCUT2D eigenvalue weighted by Gasteiger charge is 2.30. The summed E-state index contributed by atoms with van der Waals surface area (Å²) >= 11 is 3.37. The van der Waals surface area contributed by atoms with Crippen molar-refractivity contribution in [1.82, 2.24) is 10.2 Å². The molecule has 2 aromatic rings. The Hall–Kier alpha value is -2.72. The van der Waals surface area contributed by atoms with Crippen molar-refractivity contribution in [3.05, 3.63) is 64.1 Å². The molecule has 0 saturated carbocycles. The van der Waals surface area contributed by atoms with E-state index in [4.69, 9.17) is 0 Å². The molecule has 1 atom stereocenters. The van der Waals surface area contributed by atoms with E-state index in [0.29, 0.717) is 12.1 Å². The average molecular weight is 538 g/mol. The molecule has 0 aromatic heterocycles. The fourth-order valence-electron chi connectivity index (χ4n) is 3.18. The normalized spacial score (nSPS) is 12.0. The molecule has 0 radical (unpaired) electrons. The molecule has 0 spiro atoms. The van der Waals surface area contributed by atoms with Crippen LogP contribution in [0, 0.1) is 0 Å². The summed E-state index contributed by atoms with van der Waals surface area (Å²) in [6.45, 7) is 4.76. The second-order valence-electron chi connectivity index (χ2n) is 7.59. The van der Waals surface area contributed by atoms with Gasteiger partial charge in [0.1, 0.15) is 12.6 Å². The number of Topliss-reactive ketones (excluding diaryl/α,β-unsaturated/α-hetero) is 1. The zero-order valence-corrected chi connectivity index (χ0v) is 21.4. The third-order valence-electron chi connectivity index (χ3n) is 5.00. The Labute approximate surface area is 203 Å². The minimum absolute atomic E-state index is 0.121. The molecule has 0 saturated heterocycles. The molecule has 2 rings (SSSR count). The topological polar surface area (TPSA) is 104 Å². The first-order chi connectivity index (χ1) is 15.4. The Morgan fingerprint density at radius 3 is 2.27 bits per heavy atom. The zero-order chi connectivity index (χ0) is 24.8.